The molecule has 2 amide bonds. The molecule has 0 spiro atoms. The Balaban J connectivity index is 1.76. The summed E-state index contributed by atoms with van der Waals surface area (Å²) in [5, 5.41) is 9.19. The molecular formula is C19H26N2O5. The number of ether oxygens (including phenoxy) is 2. The first-order chi connectivity index (χ1) is 12.3. The molecule has 1 N–H and O–H groups in total. The second-order valence-corrected chi connectivity index (χ2v) is 7.76. The van der Waals surface area contributed by atoms with Crippen LogP contribution in [0.4, 0.5) is 15.3 Å². The number of hydrogen-bond donors (Lipinski definition) is 1. The zero-order chi connectivity index (χ0) is 18.9. The summed E-state index contributed by atoms with van der Waals surface area (Å²) in [6.07, 6.45) is 0.439. The number of cyclic esters (lactones) is 1. The minimum Gasteiger partial charge on any atom is -0.444 e. The molecule has 7 nitrogen and oxygen atoms in total. The van der Waals surface area contributed by atoms with E-state index < -0.39 is 17.8 Å². The van der Waals surface area contributed by atoms with E-state index in [2.05, 4.69) is 0 Å². The summed E-state index contributed by atoms with van der Waals surface area (Å²) in [5.41, 5.74) is 2.42. The monoisotopic (exact) mass is 362 g/mol. The Hall–Kier alpha value is -2.28. The zero-order valence-corrected chi connectivity index (χ0v) is 15.5. The highest BCUT2D eigenvalue weighted by molar-refractivity contribution is 5.90. The van der Waals surface area contributed by atoms with Gasteiger partial charge in [0, 0.05) is 18.8 Å². The molecule has 26 heavy (non-hydrogen) atoms. The number of amides is 2. The average Bonchev–Trinajstić information content (AvgIpc) is 2.81. The van der Waals surface area contributed by atoms with Crippen LogP contribution in [0.5, 0.6) is 0 Å². The summed E-state index contributed by atoms with van der Waals surface area (Å²) in [7, 11) is 0. The number of nitrogens with zero attached hydrogens (tertiary/aromatic N) is 2. The zero-order valence-electron chi connectivity index (χ0n) is 15.5. The molecule has 7 heteroatoms. The van der Waals surface area contributed by atoms with E-state index in [-0.39, 0.29) is 12.7 Å². The predicted octanol–water partition coefficient (Wildman–Crippen LogP) is 2.69. The molecule has 1 saturated heterocycles. The molecule has 0 bridgehead atoms. The number of anilines is 1. The summed E-state index contributed by atoms with van der Waals surface area (Å²) in [4.78, 5) is 27.6. The molecule has 2 aliphatic rings. The molecule has 1 fully saturated rings. The highest BCUT2D eigenvalue weighted by Gasteiger charge is 2.32. The minimum absolute atomic E-state index is 0.183. The molecular weight excluding hydrogens is 336 g/mol. The van der Waals surface area contributed by atoms with Crippen LogP contribution < -0.4 is 4.90 Å². The van der Waals surface area contributed by atoms with E-state index >= 15 is 0 Å². The van der Waals surface area contributed by atoms with Crippen molar-refractivity contribution >= 4 is 17.9 Å². The van der Waals surface area contributed by atoms with Crippen LogP contribution in [0.15, 0.2) is 18.2 Å². The molecule has 1 aromatic rings. The molecule has 0 aliphatic carbocycles. The largest absolute Gasteiger partial charge is 0.444 e. The Labute approximate surface area is 153 Å². The molecule has 142 valence electrons. The number of aliphatic hydroxyl groups is 1. The van der Waals surface area contributed by atoms with Gasteiger partial charge < -0.3 is 19.5 Å². The number of rotatable bonds is 2. The van der Waals surface area contributed by atoms with Crippen LogP contribution >= 0.6 is 0 Å². The Morgan fingerprint density at radius 1 is 1.35 bits per heavy atom. The fourth-order valence-electron chi connectivity index (χ4n) is 3.22. The topological polar surface area (TPSA) is 79.3 Å². The van der Waals surface area contributed by atoms with Gasteiger partial charge in [-0.3, -0.25) is 4.90 Å². The Bertz CT molecular complexity index is 698. The molecule has 0 aromatic heterocycles. The second kappa shape index (κ2) is 7.15. The Morgan fingerprint density at radius 3 is 2.77 bits per heavy atom. The first-order valence-electron chi connectivity index (χ1n) is 8.95. The lowest BCUT2D eigenvalue weighted by atomic mass is 10.0. The van der Waals surface area contributed by atoms with E-state index in [0.29, 0.717) is 19.6 Å². The first kappa shape index (κ1) is 18.5. The highest BCUT2D eigenvalue weighted by atomic mass is 16.6. The standard InChI is InChI=1S/C19H26N2O5/c1-19(2,3)26-17(23)20-8-4-5-13-9-15(7-6-14(13)10-20)21-11-16(12-22)25-18(21)24/h6-7,9,16,22H,4-5,8,10-12H2,1-3H3. The minimum atomic E-state index is -0.518. The van der Waals surface area contributed by atoms with E-state index in [4.69, 9.17) is 9.47 Å². The van der Waals surface area contributed by atoms with Crippen LogP contribution in [0.2, 0.25) is 0 Å². The van der Waals surface area contributed by atoms with Crippen molar-refractivity contribution in [3.05, 3.63) is 29.3 Å². The van der Waals surface area contributed by atoms with Gasteiger partial charge in [0.05, 0.1) is 13.2 Å². The second-order valence-electron chi connectivity index (χ2n) is 7.76. The summed E-state index contributed by atoms with van der Waals surface area (Å²) < 4.78 is 10.6. The quantitative estimate of drug-likeness (QED) is 0.875. The maximum Gasteiger partial charge on any atom is 0.414 e. The number of carbonyl (C=O) groups is 2. The highest BCUT2D eigenvalue weighted by Crippen LogP contribution is 2.28. The lowest BCUT2D eigenvalue weighted by molar-refractivity contribution is 0.0237. The summed E-state index contributed by atoms with van der Waals surface area (Å²) in [5.74, 6) is 0. The van der Waals surface area contributed by atoms with Crippen molar-refractivity contribution in [2.75, 3.05) is 24.6 Å². The van der Waals surface area contributed by atoms with Gasteiger partial charge in [0.15, 0.2) is 0 Å². The normalized spacial score (nSPS) is 20.5. The number of carbonyl (C=O) groups excluding carboxylic acids is 2. The SMILES string of the molecule is CC(C)(C)OC(=O)N1CCCc2cc(N3CC(CO)OC3=O)ccc2C1. The Morgan fingerprint density at radius 2 is 2.12 bits per heavy atom. The van der Waals surface area contributed by atoms with Gasteiger partial charge in [-0.2, -0.15) is 0 Å². The molecule has 1 aromatic carbocycles. The Kier molecular flexibility index (Phi) is 5.09. The van der Waals surface area contributed by atoms with Gasteiger partial charge in [-0.1, -0.05) is 6.07 Å². The van der Waals surface area contributed by atoms with Crippen molar-refractivity contribution < 1.29 is 24.2 Å². The van der Waals surface area contributed by atoms with Gasteiger partial charge in [0.1, 0.15) is 11.7 Å². The first-order valence-corrected chi connectivity index (χ1v) is 8.95. The molecule has 0 saturated carbocycles. The summed E-state index contributed by atoms with van der Waals surface area (Å²) >= 11 is 0. The third-order valence-electron chi connectivity index (χ3n) is 4.47. The third kappa shape index (κ3) is 4.09. The van der Waals surface area contributed by atoms with Crippen LogP contribution in [0.1, 0.15) is 38.3 Å². The van der Waals surface area contributed by atoms with Crippen LogP contribution in [-0.4, -0.2) is 53.6 Å². The van der Waals surface area contributed by atoms with Gasteiger partial charge in [-0.25, -0.2) is 9.59 Å². The molecule has 1 unspecified atom stereocenters. The van der Waals surface area contributed by atoms with Gasteiger partial charge in [0.25, 0.3) is 0 Å². The van der Waals surface area contributed by atoms with Crippen LogP contribution in [-0.2, 0) is 22.4 Å². The number of aryl methyl sites for hydroxylation is 1. The molecule has 0 radical (unpaired) electrons. The number of aliphatic hydroxyl groups excluding tert-OH is 1. The number of fused-ring (bicyclic) bond motifs is 1. The van der Waals surface area contributed by atoms with Crippen molar-refractivity contribution in [1.29, 1.82) is 0 Å². The van der Waals surface area contributed by atoms with E-state index in [0.717, 1.165) is 29.7 Å². The summed E-state index contributed by atoms with van der Waals surface area (Å²) in [6.45, 7) is 6.87. The van der Waals surface area contributed by atoms with E-state index in [1.54, 1.807) is 4.90 Å². The number of benzene rings is 1. The van der Waals surface area contributed by atoms with Gasteiger partial charge in [0.2, 0.25) is 0 Å². The van der Waals surface area contributed by atoms with Gasteiger partial charge in [-0.05, 0) is 56.9 Å². The van der Waals surface area contributed by atoms with Crippen molar-refractivity contribution in [3.8, 4) is 0 Å². The average molecular weight is 362 g/mol. The van der Waals surface area contributed by atoms with E-state index in [1.807, 2.05) is 39.0 Å². The third-order valence-corrected chi connectivity index (χ3v) is 4.47. The van der Waals surface area contributed by atoms with Gasteiger partial charge >= 0.3 is 12.2 Å². The lowest BCUT2D eigenvalue weighted by Crippen LogP contribution is -2.36. The van der Waals surface area contributed by atoms with Crippen LogP contribution in [0.25, 0.3) is 0 Å². The maximum atomic E-state index is 12.4. The van der Waals surface area contributed by atoms with E-state index in [1.165, 1.54) is 4.90 Å². The summed E-state index contributed by atoms with van der Waals surface area (Å²) in [6, 6.07) is 5.79. The fraction of sp³-hybridized carbons (Fsp3) is 0.579. The molecule has 3 rings (SSSR count). The van der Waals surface area contributed by atoms with Crippen molar-refractivity contribution in [2.45, 2.75) is 51.9 Å². The van der Waals surface area contributed by atoms with E-state index in [9.17, 15) is 14.7 Å². The maximum absolute atomic E-state index is 12.4. The lowest BCUT2D eigenvalue weighted by Gasteiger charge is -2.26. The predicted molar refractivity (Wildman–Crippen MR) is 96.1 cm³/mol. The smallest absolute Gasteiger partial charge is 0.414 e. The van der Waals surface area contributed by atoms with Crippen molar-refractivity contribution in [1.82, 2.24) is 4.90 Å². The van der Waals surface area contributed by atoms with Crippen molar-refractivity contribution in [3.63, 3.8) is 0 Å². The number of hydrogen-bond acceptors (Lipinski definition) is 5. The van der Waals surface area contributed by atoms with Crippen molar-refractivity contribution in [2.24, 2.45) is 0 Å². The molecule has 2 heterocycles. The van der Waals surface area contributed by atoms with Gasteiger partial charge in [-0.15, -0.1) is 0 Å². The van der Waals surface area contributed by atoms with Crippen LogP contribution in [0, 0.1) is 0 Å². The fourth-order valence-corrected chi connectivity index (χ4v) is 3.22. The van der Waals surface area contributed by atoms with Crippen LogP contribution in [0.3, 0.4) is 0 Å². The molecule has 1 atom stereocenters. The molecule has 2 aliphatic heterocycles.